The van der Waals surface area contributed by atoms with Crippen molar-refractivity contribution in [1.29, 1.82) is 0 Å². The zero-order valence-electron chi connectivity index (χ0n) is 19.0. The molecule has 1 aromatic heterocycles. The van der Waals surface area contributed by atoms with Crippen LogP contribution in [0.3, 0.4) is 0 Å². The summed E-state index contributed by atoms with van der Waals surface area (Å²) in [7, 11) is -0.983. The number of carbonyl (C=O) groups excluding carboxylic acids is 1. The van der Waals surface area contributed by atoms with Crippen molar-refractivity contribution in [1.82, 2.24) is 10.3 Å². The molecule has 0 radical (unpaired) electrons. The number of carbonyl (C=O) groups is 1. The van der Waals surface area contributed by atoms with E-state index >= 15 is 0 Å². The number of sulfone groups is 1. The Balaban J connectivity index is 1.86. The molecule has 2 N–H and O–H groups in total. The van der Waals surface area contributed by atoms with Gasteiger partial charge in [0.1, 0.15) is 0 Å². The molecule has 33 heavy (non-hydrogen) atoms. The fraction of sp³-hybridized carbons (Fsp3) is 0.250. The standard InChI is InChI=1S/C24H27N3O5S/c1-16-11-17(2)24(33(29,30)19-5-6-21(31-3)22(13-19)32-4)20(12-16)26-15-23(28)27-14-18-7-9-25-10-8-18/h5-13,26H,14-15H2,1-4H3,(H,27,28). The van der Waals surface area contributed by atoms with Gasteiger partial charge in [-0.3, -0.25) is 9.78 Å². The van der Waals surface area contributed by atoms with E-state index < -0.39 is 9.84 Å². The molecule has 2 aromatic carbocycles. The lowest BCUT2D eigenvalue weighted by Gasteiger charge is -2.17. The molecule has 3 aromatic rings. The molecular weight excluding hydrogens is 442 g/mol. The van der Waals surface area contributed by atoms with Crippen LogP contribution in [0, 0.1) is 13.8 Å². The fourth-order valence-corrected chi connectivity index (χ4v) is 5.13. The third kappa shape index (κ3) is 5.61. The third-order valence-electron chi connectivity index (χ3n) is 5.03. The molecule has 0 fully saturated rings. The Morgan fingerprint density at radius 2 is 1.67 bits per heavy atom. The van der Waals surface area contributed by atoms with Gasteiger partial charge in [0.25, 0.3) is 0 Å². The summed E-state index contributed by atoms with van der Waals surface area (Å²) >= 11 is 0. The van der Waals surface area contributed by atoms with Gasteiger partial charge in [0.2, 0.25) is 15.7 Å². The second kappa shape index (κ2) is 10.4. The van der Waals surface area contributed by atoms with E-state index in [0.717, 1.165) is 11.1 Å². The maximum atomic E-state index is 13.6. The van der Waals surface area contributed by atoms with Crippen molar-refractivity contribution in [3.05, 3.63) is 71.5 Å². The first-order valence-corrected chi connectivity index (χ1v) is 11.7. The summed E-state index contributed by atoms with van der Waals surface area (Å²) in [5, 5.41) is 5.81. The number of pyridine rings is 1. The molecule has 3 rings (SSSR count). The number of anilines is 1. The number of nitrogens with zero attached hydrogens (tertiary/aromatic N) is 1. The smallest absolute Gasteiger partial charge is 0.239 e. The topological polar surface area (TPSA) is 107 Å². The van der Waals surface area contributed by atoms with Crippen molar-refractivity contribution >= 4 is 21.4 Å². The van der Waals surface area contributed by atoms with Crippen LogP contribution in [0.25, 0.3) is 0 Å². The summed E-state index contributed by atoms with van der Waals surface area (Å²) in [5.74, 6) is 0.482. The maximum Gasteiger partial charge on any atom is 0.239 e. The van der Waals surface area contributed by atoms with Crippen LogP contribution in [-0.2, 0) is 21.2 Å². The Morgan fingerprint density at radius 1 is 0.970 bits per heavy atom. The molecule has 0 atom stereocenters. The number of ether oxygens (including phenoxy) is 2. The molecule has 9 heteroatoms. The minimum atomic E-state index is -3.91. The molecule has 0 aliphatic heterocycles. The second-order valence-electron chi connectivity index (χ2n) is 7.46. The van der Waals surface area contributed by atoms with Crippen LogP contribution in [0.1, 0.15) is 16.7 Å². The average molecular weight is 470 g/mol. The van der Waals surface area contributed by atoms with Crippen LogP contribution in [0.2, 0.25) is 0 Å². The summed E-state index contributed by atoms with van der Waals surface area (Å²) < 4.78 is 37.6. The molecule has 0 saturated heterocycles. The number of amides is 1. The average Bonchev–Trinajstić information content (AvgIpc) is 2.80. The molecule has 0 spiro atoms. The Hall–Kier alpha value is -3.59. The Labute approximate surface area is 193 Å². The molecular formula is C24H27N3O5S. The van der Waals surface area contributed by atoms with E-state index in [4.69, 9.17) is 9.47 Å². The highest BCUT2D eigenvalue weighted by molar-refractivity contribution is 7.91. The number of nitrogens with one attached hydrogen (secondary N) is 2. The van der Waals surface area contributed by atoms with Crippen LogP contribution in [0.4, 0.5) is 5.69 Å². The summed E-state index contributed by atoms with van der Waals surface area (Å²) in [6, 6.07) is 11.6. The van der Waals surface area contributed by atoms with E-state index in [-0.39, 0.29) is 22.2 Å². The zero-order valence-corrected chi connectivity index (χ0v) is 19.8. The van der Waals surface area contributed by atoms with Crippen molar-refractivity contribution in [2.75, 3.05) is 26.1 Å². The lowest BCUT2D eigenvalue weighted by molar-refractivity contribution is -0.119. The molecule has 174 valence electrons. The van der Waals surface area contributed by atoms with Crippen LogP contribution < -0.4 is 20.1 Å². The highest BCUT2D eigenvalue weighted by Gasteiger charge is 2.26. The monoisotopic (exact) mass is 469 g/mol. The molecule has 0 saturated carbocycles. The van der Waals surface area contributed by atoms with Crippen LogP contribution in [0.5, 0.6) is 11.5 Å². The second-order valence-corrected chi connectivity index (χ2v) is 9.35. The normalized spacial score (nSPS) is 11.0. The Kier molecular flexibility index (Phi) is 7.55. The van der Waals surface area contributed by atoms with Gasteiger partial charge in [0.05, 0.1) is 36.2 Å². The predicted octanol–water partition coefficient (Wildman–Crippen LogP) is 3.28. The first-order valence-electron chi connectivity index (χ1n) is 10.2. The molecule has 8 nitrogen and oxygen atoms in total. The van der Waals surface area contributed by atoms with Gasteiger partial charge in [-0.05, 0) is 60.9 Å². The van der Waals surface area contributed by atoms with Crippen molar-refractivity contribution in [3.63, 3.8) is 0 Å². The highest BCUT2D eigenvalue weighted by atomic mass is 32.2. The quantitative estimate of drug-likeness (QED) is 0.495. The van der Waals surface area contributed by atoms with Gasteiger partial charge in [-0.2, -0.15) is 0 Å². The predicted molar refractivity (Wildman–Crippen MR) is 125 cm³/mol. The van der Waals surface area contributed by atoms with E-state index in [0.29, 0.717) is 29.3 Å². The molecule has 0 bridgehead atoms. The van der Waals surface area contributed by atoms with Crippen molar-refractivity contribution in [3.8, 4) is 11.5 Å². The Bertz CT molecular complexity index is 1240. The lowest BCUT2D eigenvalue weighted by Crippen LogP contribution is -2.29. The molecule has 1 heterocycles. The number of rotatable bonds is 9. The van der Waals surface area contributed by atoms with Gasteiger partial charge in [-0.1, -0.05) is 6.07 Å². The minimum Gasteiger partial charge on any atom is -0.493 e. The maximum absolute atomic E-state index is 13.6. The minimum absolute atomic E-state index is 0.0669. The number of aromatic nitrogens is 1. The van der Waals surface area contributed by atoms with E-state index in [9.17, 15) is 13.2 Å². The van der Waals surface area contributed by atoms with Crippen molar-refractivity contribution in [2.45, 2.75) is 30.2 Å². The summed E-state index contributed by atoms with van der Waals surface area (Å²) in [4.78, 5) is 16.5. The number of hydrogen-bond donors (Lipinski definition) is 2. The van der Waals surface area contributed by atoms with Gasteiger partial charge in [0.15, 0.2) is 11.5 Å². The SMILES string of the molecule is COc1ccc(S(=O)(=O)c2c(C)cc(C)cc2NCC(=O)NCc2ccncc2)cc1OC. The number of hydrogen-bond acceptors (Lipinski definition) is 7. The first kappa shape index (κ1) is 24.1. The largest absolute Gasteiger partial charge is 0.493 e. The van der Waals surface area contributed by atoms with E-state index in [2.05, 4.69) is 15.6 Å². The van der Waals surface area contributed by atoms with Crippen molar-refractivity contribution < 1.29 is 22.7 Å². The number of methoxy groups -OCH3 is 2. The molecule has 0 aliphatic rings. The van der Waals surface area contributed by atoms with Gasteiger partial charge in [-0.15, -0.1) is 0 Å². The van der Waals surface area contributed by atoms with E-state index in [1.54, 1.807) is 37.5 Å². The van der Waals surface area contributed by atoms with Crippen LogP contribution in [-0.4, -0.2) is 40.1 Å². The molecule has 1 amide bonds. The van der Waals surface area contributed by atoms with Gasteiger partial charge in [0, 0.05) is 25.0 Å². The lowest BCUT2D eigenvalue weighted by atomic mass is 10.1. The van der Waals surface area contributed by atoms with E-state index in [1.807, 2.05) is 19.1 Å². The van der Waals surface area contributed by atoms with Crippen LogP contribution in [0.15, 0.2) is 64.6 Å². The zero-order chi connectivity index (χ0) is 24.0. The van der Waals surface area contributed by atoms with Crippen molar-refractivity contribution in [2.24, 2.45) is 0 Å². The van der Waals surface area contributed by atoms with Gasteiger partial charge >= 0.3 is 0 Å². The number of aryl methyl sites for hydroxylation is 2. The van der Waals surface area contributed by atoms with Gasteiger partial charge in [-0.25, -0.2) is 8.42 Å². The molecule has 0 unspecified atom stereocenters. The number of benzene rings is 2. The van der Waals surface area contributed by atoms with Gasteiger partial charge < -0.3 is 20.1 Å². The summed E-state index contributed by atoms with van der Waals surface area (Å²) in [6.45, 7) is 3.87. The first-order chi connectivity index (χ1) is 15.8. The third-order valence-corrected chi connectivity index (χ3v) is 6.99. The van der Waals surface area contributed by atoms with Crippen LogP contribution >= 0.6 is 0 Å². The Morgan fingerprint density at radius 3 is 2.33 bits per heavy atom. The fourth-order valence-electron chi connectivity index (χ4n) is 3.48. The highest BCUT2D eigenvalue weighted by Crippen LogP contribution is 2.36. The summed E-state index contributed by atoms with van der Waals surface area (Å²) in [6.07, 6.45) is 3.31. The molecule has 0 aliphatic carbocycles. The summed E-state index contributed by atoms with van der Waals surface area (Å²) in [5.41, 5.74) is 2.73. The van der Waals surface area contributed by atoms with E-state index in [1.165, 1.54) is 26.4 Å².